The van der Waals surface area contributed by atoms with Crippen LogP contribution in [0.4, 0.5) is 0 Å². The summed E-state index contributed by atoms with van der Waals surface area (Å²) < 4.78 is 5.11. The van der Waals surface area contributed by atoms with Crippen molar-refractivity contribution in [2.45, 2.75) is 32.6 Å². The van der Waals surface area contributed by atoms with Gasteiger partial charge in [0, 0.05) is 12.1 Å². The van der Waals surface area contributed by atoms with E-state index in [-0.39, 0.29) is 11.1 Å². The molecular weight excluding hydrogens is 296 g/mol. The predicted octanol–water partition coefficient (Wildman–Crippen LogP) is 2.26. The summed E-state index contributed by atoms with van der Waals surface area (Å²) in [5.74, 6) is -0.567. The Morgan fingerprint density at radius 1 is 1.35 bits per heavy atom. The van der Waals surface area contributed by atoms with Crippen molar-refractivity contribution in [1.29, 1.82) is 0 Å². The molecule has 2 rings (SSSR count). The number of ether oxygens (including phenoxy) is 1. The zero-order valence-electron chi connectivity index (χ0n) is 13.4. The molecule has 0 fully saturated rings. The number of aromatic amines is 1. The lowest BCUT2D eigenvalue weighted by Crippen LogP contribution is -2.25. The van der Waals surface area contributed by atoms with Crippen LogP contribution in [0, 0.1) is 6.92 Å². The van der Waals surface area contributed by atoms with E-state index in [0.717, 1.165) is 11.3 Å². The van der Waals surface area contributed by atoms with E-state index in [1.165, 1.54) is 0 Å². The standard InChI is InChI=1S/C17H20N2O4/c1-4-13(17(21)22)15-10(2)18-14(19-16(15)20)9-11-5-7-12(23-3)8-6-11/h5-8,13H,4,9H2,1-3H3,(H,21,22)(H,18,19,20)/t13-/m1/s1. The number of hydrogen-bond acceptors (Lipinski definition) is 4. The Morgan fingerprint density at radius 3 is 2.48 bits per heavy atom. The zero-order chi connectivity index (χ0) is 17.0. The van der Waals surface area contributed by atoms with Gasteiger partial charge in [0.25, 0.3) is 5.56 Å². The number of nitrogens with one attached hydrogen (secondary N) is 1. The molecule has 0 bridgehead atoms. The number of nitrogens with zero attached hydrogens (tertiary/aromatic N) is 1. The van der Waals surface area contributed by atoms with Gasteiger partial charge in [0.2, 0.25) is 0 Å². The molecule has 2 N–H and O–H groups in total. The number of carbonyl (C=O) groups is 1. The lowest BCUT2D eigenvalue weighted by molar-refractivity contribution is -0.138. The summed E-state index contributed by atoms with van der Waals surface area (Å²) in [5, 5.41) is 9.24. The normalized spacial score (nSPS) is 12.0. The number of aromatic nitrogens is 2. The minimum atomic E-state index is -1.01. The molecule has 0 spiro atoms. The number of H-pyrrole nitrogens is 1. The minimum absolute atomic E-state index is 0.235. The quantitative estimate of drug-likeness (QED) is 0.853. The molecule has 122 valence electrons. The second kappa shape index (κ2) is 7.09. The smallest absolute Gasteiger partial charge is 0.311 e. The van der Waals surface area contributed by atoms with E-state index < -0.39 is 11.9 Å². The van der Waals surface area contributed by atoms with Gasteiger partial charge in [-0.3, -0.25) is 9.59 Å². The molecule has 0 saturated carbocycles. The molecule has 0 unspecified atom stereocenters. The molecule has 0 saturated heterocycles. The highest BCUT2D eigenvalue weighted by Gasteiger charge is 2.24. The average Bonchev–Trinajstić information content (AvgIpc) is 2.51. The van der Waals surface area contributed by atoms with Gasteiger partial charge in [0.1, 0.15) is 11.6 Å². The molecule has 0 aliphatic carbocycles. The maximum absolute atomic E-state index is 12.3. The number of aryl methyl sites for hydroxylation is 1. The highest BCUT2D eigenvalue weighted by Crippen LogP contribution is 2.19. The van der Waals surface area contributed by atoms with Crippen molar-refractivity contribution in [3.63, 3.8) is 0 Å². The van der Waals surface area contributed by atoms with Gasteiger partial charge < -0.3 is 14.8 Å². The minimum Gasteiger partial charge on any atom is -0.497 e. The fourth-order valence-electron chi connectivity index (χ4n) is 2.59. The second-order valence-electron chi connectivity index (χ2n) is 5.34. The van der Waals surface area contributed by atoms with Crippen LogP contribution in [0.2, 0.25) is 0 Å². The molecule has 23 heavy (non-hydrogen) atoms. The molecule has 1 atom stereocenters. The molecule has 2 aromatic rings. The molecule has 0 aliphatic rings. The number of carboxylic acid groups (broad SMARTS) is 1. The van der Waals surface area contributed by atoms with Crippen LogP contribution in [0.15, 0.2) is 29.1 Å². The van der Waals surface area contributed by atoms with Crippen molar-refractivity contribution in [2.75, 3.05) is 7.11 Å². The van der Waals surface area contributed by atoms with E-state index in [4.69, 9.17) is 4.74 Å². The van der Waals surface area contributed by atoms with Crippen molar-refractivity contribution in [3.05, 3.63) is 57.3 Å². The van der Waals surface area contributed by atoms with Crippen LogP contribution in [-0.2, 0) is 11.2 Å². The van der Waals surface area contributed by atoms with E-state index in [1.807, 2.05) is 24.3 Å². The van der Waals surface area contributed by atoms with Gasteiger partial charge in [-0.05, 0) is 31.0 Å². The third-order valence-electron chi connectivity index (χ3n) is 3.78. The van der Waals surface area contributed by atoms with E-state index in [0.29, 0.717) is 24.4 Å². The van der Waals surface area contributed by atoms with Crippen LogP contribution >= 0.6 is 0 Å². The molecule has 1 aromatic heterocycles. The van der Waals surface area contributed by atoms with Crippen molar-refractivity contribution in [3.8, 4) is 5.75 Å². The van der Waals surface area contributed by atoms with Gasteiger partial charge in [0.15, 0.2) is 0 Å². The second-order valence-corrected chi connectivity index (χ2v) is 5.34. The number of hydrogen-bond donors (Lipinski definition) is 2. The summed E-state index contributed by atoms with van der Waals surface area (Å²) >= 11 is 0. The van der Waals surface area contributed by atoms with Crippen LogP contribution in [0.1, 0.15) is 41.9 Å². The fourth-order valence-corrected chi connectivity index (χ4v) is 2.59. The van der Waals surface area contributed by atoms with Gasteiger partial charge in [-0.15, -0.1) is 0 Å². The highest BCUT2D eigenvalue weighted by molar-refractivity contribution is 5.76. The van der Waals surface area contributed by atoms with Gasteiger partial charge in [-0.1, -0.05) is 19.1 Å². The van der Waals surface area contributed by atoms with Crippen molar-refractivity contribution in [2.24, 2.45) is 0 Å². The molecule has 1 aromatic carbocycles. The monoisotopic (exact) mass is 316 g/mol. The summed E-state index contributed by atoms with van der Waals surface area (Å²) in [6.07, 6.45) is 0.809. The van der Waals surface area contributed by atoms with Crippen LogP contribution in [-0.4, -0.2) is 28.2 Å². The number of aliphatic carboxylic acids is 1. The third kappa shape index (κ3) is 3.77. The largest absolute Gasteiger partial charge is 0.497 e. The SMILES string of the molecule is CC[C@@H](C(=O)O)c1c(C)nc(Cc2ccc(OC)cc2)[nH]c1=O. The molecule has 0 aliphatic heterocycles. The molecule has 0 radical (unpaired) electrons. The van der Waals surface area contributed by atoms with E-state index >= 15 is 0 Å². The highest BCUT2D eigenvalue weighted by atomic mass is 16.5. The fraction of sp³-hybridized carbons (Fsp3) is 0.353. The Kier molecular flexibility index (Phi) is 5.16. The third-order valence-corrected chi connectivity index (χ3v) is 3.78. The van der Waals surface area contributed by atoms with Gasteiger partial charge >= 0.3 is 5.97 Å². The Bertz CT molecular complexity index is 750. The zero-order valence-corrected chi connectivity index (χ0v) is 13.4. The maximum Gasteiger partial charge on any atom is 0.311 e. The lowest BCUT2D eigenvalue weighted by Gasteiger charge is -2.13. The molecule has 6 heteroatoms. The molecule has 6 nitrogen and oxygen atoms in total. The van der Waals surface area contributed by atoms with Gasteiger partial charge in [-0.2, -0.15) is 0 Å². The van der Waals surface area contributed by atoms with Crippen molar-refractivity contribution in [1.82, 2.24) is 9.97 Å². The van der Waals surface area contributed by atoms with Crippen molar-refractivity contribution < 1.29 is 14.6 Å². The Labute approximate surface area is 134 Å². The van der Waals surface area contributed by atoms with Crippen LogP contribution in [0.25, 0.3) is 0 Å². The Hall–Kier alpha value is -2.63. The van der Waals surface area contributed by atoms with Crippen LogP contribution in [0.3, 0.4) is 0 Å². The first-order valence-electron chi connectivity index (χ1n) is 7.41. The maximum atomic E-state index is 12.3. The summed E-state index contributed by atoms with van der Waals surface area (Å²) in [6.45, 7) is 3.41. The number of rotatable bonds is 6. The molecular formula is C17H20N2O4. The summed E-state index contributed by atoms with van der Waals surface area (Å²) in [7, 11) is 1.60. The van der Waals surface area contributed by atoms with Crippen LogP contribution < -0.4 is 10.3 Å². The lowest BCUT2D eigenvalue weighted by atomic mass is 9.96. The predicted molar refractivity (Wildman–Crippen MR) is 86.1 cm³/mol. The first-order chi connectivity index (χ1) is 11.0. The summed E-state index contributed by atoms with van der Waals surface area (Å²) in [5.41, 5.74) is 1.30. The summed E-state index contributed by atoms with van der Waals surface area (Å²) in [4.78, 5) is 30.6. The summed E-state index contributed by atoms with van der Waals surface area (Å²) in [6, 6.07) is 7.47. The average molecular weight is 316 g/mol. The first kappa shape index (κ1) is 16.7. The number of carboxylic acids is 1. The van der Waals surface area contributed by atoms with Gasteiger partial charge in [-0.25, -0.2) is 4.98 Å². The van der Waals surface area contributed by atoms with Gasteiger partial charge in [0.05, 0.1) is 18.6 Å². The Balaban J connectivity index is 2.31. The van der Waals surface area contributed by atoms with E-state index in [1.54, 1.807) is 21.0 Å². The first-order valence-corrected chi connectivity index (χ1v) is 7.41. The topological polar surface area (TPSA) is 92.3 Å². The Morgan fingerprint density at radius 2 is 2.00 bits per heavy atom. The van der Waals surface area contributed by atoms with E-state index in [9.17, 15) is 14.7 Å². The number of benzene rings is 1. The molecule has 1 heterocycles. The number of methoxy groups -OCH3 is 1. The van der Waals surface area contributed by atoms with Crippen molar-refractivity contribution >= 4 is 5.97 Å². The van der Waals surface area contributed by atoms with Crippen LogP contribution in [0.5, 0.6) is 5.75 Å². The van der Waals surface area contributed by atoms with E-state index in [2.05, 4.69) is 9.97 Å². The molecule has 0 amide bonds.